The lowest BCUT2D eigenvalue weighted by Gasteiger charge is -2.23. The Morgan fingerprint density at radius 3 is 1.88 bits per heavy atom. The largest absolute Gasteiger partial charge is 0.309 e. The fraction of sp³-hybridized carbons (Fsp3) is 0.0816. The highest BCUT2D eigenvalue weighted by molar-refractivity contribution is 6.18. The van der Waals surface area contributed by atoms with Crippen LogP contribution in [0.1, 0.15) is 31.9 Å². The van der Waals surface area contributed by atoms with Gasteiger partial charge in [0.2, 0.25) is 0 Å². The Morgan fingerprint density at radius 2 is 1.22 bits per heavy atom. The summed E-state index contributed by atoms with van der Waals surface area (Å²) < 4.78 is 2.45. The van der Waals surface area contributed by atoms with E-state index in [0.29, 0.717) is 0 Å². The Balaban J connectivity index is 1.30. The minimum absolute atomic E-state index is 0.167. The van der Waals surface area contributed by atoms with E-state index in [1.54, 1.807) is 0 Å². The van der Waals surface area contributed by atoms with Crippen LogP contribution in [0.3, 0.4) is 0 Å². The SMILES string of the molecule is C=C/C=c1\c(=C/C)c2c3c(c4ccccc4c2n1-c1ccc(-c2cc(-c4ccccc4)cc(-c4ccccc4)n2)cc1)-c1ccccc1C3(C)C. The number of fused-ring (bicyclic) bond motifs is 8. The third-order valence-corrected chi connectivity index (χ3v) is 10.7. The summed E-state index contributed by atoms with van der Waals surface area (Å²) in [5.74, 6) is 0. The molecule has 0 aliphatic heterocycles. The lowest BCUT2D eigenvalue weighted by Crippen LogP contribution is -2.28. The van der Waals surface area contributed by atoms with Crippen molar-refractivity contribution in [3.05, 3.63) is 180 Å². The molecule has 0 saturated heterocycles. The zero-order valence-corrected chi connectivity index (χ0v) is 29.2. The number of hydrogen-bond donors (Lipinski definition) is 0. The Hall–Kier alpha value is -6.25. The fourth-order valence-electron chi connectivity index (χ4n) is 8.42. The van der Waals surface area contributed by atoms with E-state index in [4.69, 9.17) is 4.98 Å². The van der Waals surface area contributed by atoms with Crippen molar-refractivity contribution in [2.75, 3.05) is 0 Å². The van der Waals surface area contributed by atoms with E-state index >= 15 is 0 Å². The van der Waals surface area contributed by atoms with Gasteiger partial charge in [0.05, 0.1) is 22.3 Å². The van der Waals surface area contributed by atoms with Crippen molar-refractivity contribution in [3.63, 3.8) is 0 Å². The van der Waals surface area contributed by atoms with Crippen molar-refractivity contribution in [1.82, 2.24) is 9.55 Å². The van der Waals surface area contributed by atoms with Crippen LogP contribution in [-0.4, -0.2) is 9.55 Å². The number of pyridine rings is 1. The van der Waals surface area contributed by atoms with Crippen LogP contribution in [0.5, 0.6) is 0 Å². The topological polar surface area (TPSA) is 17.8 Å². The molecule has 51 heavy (non-hydrogen) atoms. The summed E-state index contributed by atoms with van der Waals surface area (Å²) in [6.07, 6.45) is 6.36. The van der Waals surface area contributed by atoms with Crippen LogP contribution >= 0.6 is 0 Å². The van der Waals surface area contributed by atoms with Gasteiger partial charge in [0, 0.05) is 38.2 Å². The predicted molar refractivity (Wildman–Crippen MR) is 216 cm³/mol. The summed E-state index contributed by atoms with van der Waals surface area (Å²) in [5, 5.41) is 6.22. The molecule has 2 aromatic heterocycles. The number of rotatable bonds is 5. The van der Waals surface area contributed by atoms with E-state index < -0.39 is 0 Å². The molecule has 0 atom stereocenters. The van der Waals surface area contributed by atoms with Gasteiger partial charge in [-0.1, -0.05) is 154 Å². The monoisotopic (exact) mass is 654 g/mol. The lowest BCUT2D eigenvalue weighted by molar-refractivity contribution is 0.666. The van der Waals surface area contributed by atoms with Gasteiger partial charge in [-0.25, -0.2) is 4.98 Å². The van der Waals surface area contributed by atoms with E-state index in [1.807, 2.05) is 12.1 Å². The first-order chi connectivity index (χ1) is 25.0. The third-order valence-electron chi connectivity index (χ3n) is 10.7. The molecule has 8 aromatic rings. The zero-order chi connectivity index (χ0) is 34.7. The summed E-state index contributed by atoms with van der Waals surface area (Å²) in [4.78, 5) is 5.20. The van der Waals surface area contributed by atoms with Gasteiger partial charge >= 0.3 is 0 Å². The van der Waals surface area contributed by atoms with Crippen molar-refractivity contribution in [2.24, 2.45) is 0 Å². The fourth-order valence-corrected chi connectivity index (χ4v) is 8.42. The molecule has 244 valence electrons. The van der Waals surface area contributed by atoms with Crippen LogP contribution in [0.4, 0.5) is 0 Å². The second-order valence-electron chi connectivity index (χ2n) is 13.9. The average Bonchev–Trinajstić information content (AvgIpc) is 3.63. The third kappa shape index (κ3) is 4.75. The van der Waals surface area contributed by atoms with E-state index in [9.17, 15) is 0 Å². The maximum atomic E-state index is 5.20. The molecule has 0 amide bonds. The van der Waals surface area contributed by atoms with E-state index in [-0.39, 0.29) is 5.41 Å². The Bertz CT molecular complexity index is 2710. The summed E-state index contributed by atoms with van der Waals surface area (Å²) in [5.41, 5.74) is 14.0. The van der Waals surface area contributed by atoms with Crippen LogP contribution in [0.25, 0.3) is 84.3 Å². The minimum Gasteiger partial charge on any atom is -0.309 e. The molecule has 0 N–H and O–H groups in total. The van der Waals surface area contributed by atoms with Gasteiger partial charge < -0.3 is 4.57 Å². The van der Waals surface area contributed by atoms with Gasteiger partial charge in [0.15, 0.2) is 0 Å². The summed E-state index contributed by atoms with van der Waals surface area (Å²) >= 11 is 0. The van der Waals surface area contributed by atoms with Crippen molar-refractivity contribution < 1.29 is 0 Å². The molecule has 0 bridgehead atoms. The summed E-state index contributed by atoms with van der Waals surface area (Å²) in [6, 6.07) is 52.2. The average molecular weight is 655 g/mol. The first-order valence-corrected chi connectivity index (χ1v) is 17.7. The second kappa shape index (κ2) is 12.0. The lowest BCUT2D eigenvalue weighted by atomic mass is 9.80. The van der Waals surface area contributed by atoms with Crippen molar-refractivity contribution in [3.8, 4) is 50.5 Å². The molecule has 0 unspecified atom stereocenters. The molecule has 1 aliphatic rings. The van der Waals surface area contributed by atoms with Crippen LogP contribution in [0, 0.1) is 0 Å². The molecular formula is C49H38N2. The van der Waals surface area contributed by atoms with Crippen molar-refractivity contribution in [2.45, 2.75) is 26.2 Å². The Kier molecular flexibility index (Phi) is 7.22. The highest BCUT2D eigenvalue weighted by Crippen LogP contribution is 2.54. The number of hydrogen-bond acceptors (Lipinski definition) is 1. The molecular weight excluding hydrogens is 617 g/mol. The Labute approximate surface area is 299 Å². The molecule has 2 heteroatoms. The van der Waals surface area contributed by atoms with Gasteiger partial charge in [-0.2, -0.15) is 0 Å². The molecule has 2 nitrogen and oxygen atoms in total. The molecule has 0 saturated carbocycles. The highest BCUT2D eigenvalue weighted by atomic mass is 15.0. The first kappa shape index (κ1) is 30.8. The van der Waals surface area contributed by atoms with E-state index in [0.717, 1.165) is 39.1 Å². The van der Waals surface area contributed by atoms with Crippen molar-refractivity contribution >= 4 is 33.8 Å². The van der Waals surface area contributed by atoms with Gasteiger partial charge in [-0.05, 0) is 76.0 Å². The van der Waals surface area contributed by atoms with E-state index in [1.165, 1.54) is 54.7 Å². The maximum absolute atomic E-state index is 5.20. The van der Waals surface area contributed by atoms with Crippen molar-refractivity contribution in [1.29, 1.82) is 0 Å². The normalized spacial score (nSPS) is 13.9. The van der Waals surface area contributed by atoms with E-state index in [2.05, 4.69) is 184 Å². The number of benzene rings is 6. The van der Waals surface area contributed by atoms with Crippen LogP contribution < -0.4 is 10.6 Å². The second-order valence-corrected chi connectivity index (χ2v) is 13.9. The molecule has 6 aromatic carbocycles. The van der Waals surface area contributed by atoms with Gasteiger partial charge in [-0.15, -0.1) is 0 Å². The predicted octanol–water partition coefficient (Wildman–Crippen LogP) is 11.3. The summed E-state index contributed by atoms with van der Waals surface area (Å²) in [6.45, 7) is 11.1. The molecule has 0 radical (unpaired) electrons. The quantitative estimate of drug-likeness (QED) is 0.181. The summed E-state index contributed by atoms with van der Waals surface area (Å²) in [7, 11) is 0. The van der Waals surface area contributed by atoms with Crippen LogP contribution in [-0.2, 0) is 5.41 Å². The van der Waals surface area contributed by atoms with Gasteiger partial charge in [-0.3, -0.25) is 0 Å². The minimum atomic E-state index is -0.167. The standard InChI is InChI=1S/C49H38N2/c1-5-17-44-37(6-2)46-47-45(40-24-15-16-25-41(40)49(47,3)4)38-22-13-14-23-39(38)48(46)51(44)36-28-26-34(27-29-36)43-31-35(32-18-9-7-10-19-32)30-42(50-43)33-20-11-8-12-21-33/h5-31H,1H2,2-4H3/b37-6+,44-17+. The number of aromatic nitrogens is 2. The molecule has 2 heterocycles. The Morgan fingerprint density at radius 1 is 0.627 bits per heavy atom. The smallest absolute Gasteiger partial charge is 0.0715 e. The first-order valence-electron chi connectivity index (χ1n) is 17.7. The maximum Gasteiger partial charge on any atom is 0.0715 e. The van der Waals surface area contributed by atoms with Crippen LogP contribution in [0.2, 0.25) is 0 Å². The molecule has 0 fully saturated rings. The van der Waals surface area contributed by atoms with Crippen LogP contribution in [0.15, 0.2) is 158 Å². The molecule has 9 rings (SSSR count). The zero-order valence-electron chi connectivity index (χ0n) is 29.2. The number of nitrogens with zero attached hydrogens (tertiary/aromatic N) is 2. The molecule has 0 spiro atoms. The number of allylic oxidation sites excluding steroid dienone is 1. The van der Waals surface area contributed by atoms with Gasteiger partial charge in [0.1, 0.15) is 0 Å². The molecule has 1 aliphatic carbocycles. The highest BCUT2D eigenvalue weighted by Gasteiger charge is 2.39. The van der Waals surface area contributed by atoms with Gasteiger partial charge in [0.25, 0.3) is 0 Å².